The Balaban J connectivity index is 4.33. The minimum absolute atomic E-state index is 0.0861. The van der Waals surface area contributed by atoms with Crippen LogP contribution in [-0.2, 0) is 28.6 Å². The summed E-state index contributed by atoms with van der Waals surface area (Å²) in [6, 6.07) is 0. The van der Waals surface area contributed by atoms with Gasteiger partial charge in [0.05, 0.1) is 0 Å². The van der Waals surface area contributed by atoms with Gasteiger partial charge in [-0.3, -0.25) is 14.4 Å². The van der Waals surface area contributed by atoms with Gasteiger partial charge in [-0.2, -0.15) is 0 Å². The van der Waals surface area contributed by atoms with Crippen LogP contribution in [0.2, 0.25) is 0 Å². The van der Waals surface area contributed by atoms with Gasteiger partial charge in [-0.1, -0.05) is 279 Å². The van der Waals surface area contributed by atoms with Crippen molar-refractivity contribution in [1.82, 2.24) is 0 Å². The molecule has 0 fully saturated rings. The van der Waals surface area contributed by atoms with Gasteiger partial charge in [0.1, 0.15) is 13.2 Å². The molecule has 0 aromatic heterocycles. The van der Waals surface area contributed by atoms with Crippen LogP contribution >= 0.6 is 0 Å². The lowest BCUT2D eigenvalue weighted by molar-refractivity contribution is -0.167. The van der Waals surface area contributed by atoms with E-state index in [2.05, 4.69) is 118 Å². The average molecular weight is 1030 g/mol. The van der Waals surface area contributed by atoms with Gasteiger partial charge in [-0.15, -0.1) is 0 Å². The highest BCUT2D eigenvalue weighted by Gasteiger charge is 2.19. The SMILES string of the molecule is CC/C=C\C/C=C\C/C=C\C/C=C\C/C=C\C/C=C\C/C=C\CCCCCCCC(=O)OCC(COC(=O)CCCCCCC/C=C\CCCC)OC(=O)CCCCCCCCCCCCCCCCCCCC. The number of esters is 3. The maximum Gasteiger partial charge on any atom is 0.306 e. The highest BCUT2D eigenvalue weighted by Crippen LogP contribution is 2.16. The van der Waals surface area contributed by atoms with E-state index >= 15 is 0 Å². The summed E-state index contributed by atoms with van der Waals surface area (Å²) in [5.74, 6) is -0.905. The average Bonchev–Trinajstić information content (AvgIpc) is 3.40. The molecule has 0 rings (SSSR count). The normalized spacial score (nSPS) is 12.7. The molecule has 0 saturated heterocycles. The maximum atomic E-state index is 12.9. The van der Waals surface area contributed by atoms with E-state index in [-0.39, 0.29) is 31.1 Å². The van der Waals surface area contributed by atoms with Crippen LogP contribution in [0.1, 0.15) is 297 Å². The number of carbonyl (C=O) groups is 3. The summed E-state index contributed by atoms with van der Waals surface area (Å²) < 4.78 is 16.9. The molecule has 0 aliphatic carbocycles. The summed E-state index contributed by atoms with van der Waals surface area (Å²) in [5.41, 5.74) is 0. The van der Waals surface area contributed by atoms with Crippen molar-refractivity contribution in [3.63, 3.8) is 0 Å². The van der Waals surface area contributed by atoms with E-state index in [0.717, 1.165) is 128 Å². The molecule has 0 aliphatic rings. The molecule has 0 amide bonds. The zero-order valence-electron chi connectivity index (χ0n) is 48.6. The summed E-state index contributed by atoms with van der Waals surface area (Å²) >= 11 is 0. The van der Waals surface area contributed by atoms with E-state index in [1.807, 2.05) is 0 Å². The van der Waals surface area contributed by atoms with Gasteiger partial charge in [-0.05, 0) is 96.3 Å². The summed E-state index contributed by atoms with van der Waals surface area (Å²) in [4.78, 5) is 38.2. The zero-order chi connectivity index (χ0) is 53.6. The molecule has 0 spiro atoms. The first-order chi connectivity index (χ1) is 36.5. The Hall–Kier alpha value is -3.67. The number of hydrogen-bond donors (Lipinski definition) is 0. The van der Waals surface area contributed by atoms with Crippen molar-refractivity contribution < 1.29 is 28.6 Å². The van der Waals surface area contributed by atoms with Gasteiger partial charge in [0.2, 0.25) is 0 Å². The Morgan fingerprint density at radius 3 is 0.878 bits per heavy atom. The highest BCUT2D eigenvalue weighted by molar-refractivity contribution is 5.71. The van der Waals surface area contributed by atoms with E-state index in [1.165, 1.54) is 128 Å². The Morgan fingerprint density at radius 1 is 0.284 bits per heavy atom. The molecule has 0 bridgehead atoms. The summed E-state index contributed by atoms with van der Waals surface area (Å²) in [6.07, 6.45) is 82.7. The van der Waals surface area contributed by atoms with Crippen LogP contribution in [0, 0.1) is 0 Å². The smallest absolute Gasteiger partial charge is 0.306 e. The predicted octanol–water partition coefficient (Wildman–Crippen LogP) is 21.3. The van der Waals surface area contributed by atoms with Gasteiger partial charge < -0.3 is 14.2 Å². The quantitative estimate of drug-likeness (QED) is 0.0261. The van der Waals surface area contributed by atoms with E-state index in [4.69, 9.17) is 14.2 Å². The number of carbonyl (C=O) groups excluding carboxylic acids is 3. The second-order valence-corrected chi connectivity index (χ2v) is 20.6. The third-order valence-corrected chi connectivity index (χ3v) is 13.3. The van der Waals surface area contributed by atoms with Crippen LogP contribution in [-0.4, -0.2) is 37.2 Å². The molecule has 0 saturated carbocycles. The molecule has 6 nitrogen and oxygen atoms in total. The van der Waals surface area contributed by atoms with E-state index in [0.29, 0.717) is 19.3 Å². The van der Waals surface area contributed by atoms with Gasteiger partial charge in [0.15, 0.2) is 6.10 Å². The monoisotopic (exact) mass is 1030 g/mol. The van der Waals surface area contributed by atoms with Crippen molar-refractivity contribution in [1.29, 1.82) is 0 Å². The molecule has 0 N–H and O–H groups in total. The van der Waals surface area contributed by atoms with E-state index in [9.17, 15) is 14.4 Å². The highest BCUT2D eigenvalue weighted by atomic mass is 16.6. The van der Waals surface area contributed by atoms with Crippen molar-refractivity contribution in [2.24, 2.45) is 0 Å². The number of allylic oxidation sites excluding steroid dienone is 16. The Morgan fingerprint density at radius 2 is 0.541 bits per heavy atom. The number of unbranched alkanes of at least 4 members (excludes halogenated alkanes) is 29. The largest absolute Gasteiger partial charge is 0.462 e. The fraction of sp³-hybridized carbons (Fsp3) is 0.721. The van der Waals surface area contributed by atoms with Crippen LogP contribution < -0.4 is 0 Å². The van der Waals surface area contributed by atoms with Gasteiger partial charge in [0, 0.05) is 19.3 Å². The lowest BCUT2D eigenvalue weighted by Crippen LogP contribution is -2.30. The standard InChI is InChI=1S/C68H116O6/c1-4-7-10-13-16-19-22-24-26-28-30-31-32-33-34-35-36-37-38-40-41-43-46-49-52-55-58-61-67(70)73-64-65(63-72-66(69)60-57-54-51-48-45-21-18-15-12-9-6-3)74-68(71)62-59-56-53-50-47-44-42-39-29-27-25-23-20-17-14-11-8-5-2/h7,10,15-16,18-19,24,26,30-31,33-34,36-37,40-41,65H,4-6,8-9,11-14,17,20-23,25,27-29,32,35,38-39,42-64H2,1-3H3/b10-7-,18-15-,19-16-,26-24-,31-30-,34-33-,37-36-,41-40-. The summed E-state index contributed by atoms with van der Waals surface area (Å²) in [7, 11) is 0. The molecule has 74 heavy (non-hydrogen) atoms. The van der Waals surface area contributed by atoms with Crippen LogP contribution in [0.15, 0.2) is 97.2 Å². The van der Waals surface area contributed by atoms with Gasteiger partial charge in [-0.25, -0.2) is 0 Å². The third-order valence-electron chi connectivity index (χ3n) is 13.3. The first-order valence-corrected chi connectivity index (χ1v) is 31.2. The summed E-state index contributed by atoms with van der Waals surface area (Å²) in [6.45, 7) is 6.49. The summed E-state index contributed by atoms with van der Waals surface area (Å²) in [5, 5.41) is 0. The first-order valence-electron chi connectivity index (χ1n) is 31.2. The van der Waals surface area contributed by atoms with Crippen LogP contribution in [0.4, 0.5) is 0 Å². The lowest BCUT2D eigenvalue weighted by Gasteiger charge is -2.18. The number of rotatable bonds is 56. The molecule has 424 valence electrons. The van der Waals surface area contributed by atoms with Gasteiger partial charge >= 0.3 is 17.9 Å². The fourth-order valence-corrected chi connectivity index (χ4v) is 8.64. The van der Waals surface area contributed by atoms with Crippen molar-refractivity contribution in [3.05, 3.63) is 97.2 Å². The van der Waals surface area contributed by atoms with Crippen molar-refractivity contribution in [2.45, 2.75) is 303 Å². The van der Waals surface area contributed by atoms with Crippen molar-refractivity contribution in [2.75, 3.05) is 13.2 Å². The topological polar surface area (TPSA) is 78.9 Å². The second-order valence-electron chi connectivity index (χ2n) is 20.6. The van der Waals surface area contributed by atoms with E-state index in [1.54, 1.807) is 0 Å². The maximum absolute atomic E-state index is 12.9. The van der Waals surface area contributed by atoms with Crippen molar-refractivity contribution >= 4 is 17.9 Å². The second kappa shape index (κ2) is 61.9. The van der Waals surface area contributed by atoms with Gasteiger partial charge in [0.25, 0.3) is 0 Å². The Labute approximate surface area is 457 Å². The lowest BCUT2D eigenvalue weighted by atomic mass is 10.0. The van der Waals surface area contributed by atoms with Crippen LogP contribution in [0.3, 0.4) is 0 Å². The molecule has 0 radical (unpaired) electrons. The van der Waals surface area contributed by atoms with Crippen LogP contribution in [0.5, 0.6) is 0 Å². The molecule has 0 aromatic rings. The third kappa shape index (κ3) is 59.2. The zero-order valence-corrected chi connectivity index (χ0v) is 48.6. The molecule has 6 heteroatoms. The van der Waals surface area contributed by atoms with E-state index < -0.39 is 6.10 Å². The minimum Gasteiger partial charge on any atom is -0.462 e. The molecule has 1 atom stereocenters. The number of ether oxygens (including phenoxy) is 3. The van der Waals surface area contributed by atoms with Crippen molar-refractivity contribution in [3.8, 4) is 0 Å². The first kappa shape index (κ1) is 70.3. The molecular formula is C68H116O6. The van der Waals surface area contributed by atoms with Crippen LogP contribution in [0.25, 0.3) is 0 Å². The predicted molar refractivity (Wildman–Crippen MR) is 320 cm³/mol. The molecule has 0 heterocycles. The molecular weight excluding hydrogens is 913 g/mol. The molecule has 0 aromatic carbocycles. The Bertz CT molecular complexity index is 1460. The molecule has 0 aliphatic heterocycles. The molecule has 1 unspecified atom stereocenters. The Kier molecular flexibility index (Phi) is 58.8. The fourth-order valence-electron chi connectivity index (χ4n) is 8.64. The minimum atomic E-state index is -0.788. The number of hydrogen-bond acceptors (Lipinski definition) is 6.